The molecule has 0 aliphatic heterocycles. The van der Waals surface area contributed by atoms with Crippen LogP contribution >= 0.6 is 23.1 Å². The molecule has 0 aromatic carbocycles. The first kappa shape index (κ1) is 8.60. The van der Waals surface area contributed by atoms with E-state index in [0.29, 0.717) is 10.2 Å². The summed E-state index contributed by atoms with van der Waals surface area (Å²) in [6, 6.07) is 0. The number of hydrogen-bond donors (Lipinski definition) is 0. The number of nitrogens with zero attached hydrogens (tertiary/aromatic N) is 1. The SMILES string of the molecule is C[N+](C)(C)[B-](Cl)CCl. The molecule has 0 atom stereocenters. The standard InChI is InChI=1S/C4H11BCl2N/c1-8(2,3)5(7)4-6/h4H2,1-3H3. The van der Waals surface area contributed by atoms with Crippen molar-refractivity contribution < 1.29 is 4.39 Å². The van der Waals surface area contributed by atoms with Crippen LogP contribution in [-0.4, -0.2) is 37.6 Å². The van der Waals surface area contributed by atoms with E-state index >= 15 is 0 Å². The number of rotatable bonds is 2. The molecule has 0 spiro atoms. The van der Waals surface area contributed by atoms with Gasteiger partial charge in [0.15, 0.2) is 0 Å². The monoisotopic (exact) mass is 154 g/mol. The summed E-state index contributed by atoms with van der Waals surface area (Å²) >= 11 is 11.3. The number of alkyl halides is 1. The quantitative estimate of drug-likeness (QED) is 0.415. The van der Waals surface area contributed by atoms with Crippen LogP contribution in [0.1, 0.15) is 0 Å². The molecule has 0 saturated carbocycles. The Morgan fingerprint density at radius 2 is 1.75 bits per heavy atom. The van der Waals surface area contributed by atoms with Crippen LogP contribution in [0.15, 0.2) is 0 Å². The minimum absolute atomic E-state index is 0.0247. The van der Waals surface area contributed by atoms with E-state index in [0.717, 1.165) is 0 Å². The molecule has 0 bridgehead atoms. The Morgan fingerprint density at radius 3 is 1.75 bits per heavy atom. The lowest BCUT2D eigenvalue weighted by Crippen LogP contribution is -2.46. The van der Waals surface area contributed by atoms with Crippen molar-refractivity contribution in [3.05, 3.63) is 0 Å². The maximum atomic E-state index is 5.78. The first-order valence-electron chi connectivity index (χ1n) is 2.49. The Hall–Kier alpha value is 0.605. The fraction of sp³-hybridized carbons (Fsp3) is 1.00. The fourth-order valence-electron chi connectivity index (χ4n) is 0.207. The zero-order chi connectivity index (χ0) is 6.78. The molecule has 49 valence electrons. The van der Waals surface area contributed by atoms with Crippen molar-refractivity contribution in [2.75, 3.05) is 26.9 Å². The molecule has 8 heavy (non-hydrogen) atoms. The van der Waals surface area contributed by atoms with Crippen molar-refractivity contribution in [2.24, 2.45) is 0 Å². The summed E-state index contributed by atoms with van der Waals surface area (Å²) in [5.41, 5.74) is 0. The second-order valence-electron chi connectivity index (χ2n) is 2.71. The summed E-state index contributed by atoms with van der Waals surface area (Å²) in [7, 11) is 6.04. The molecule has 0 aromatic rings. The summed E-state index contributed by atoms with van der Waals surface area (Å²) in [4.78, 5) is 0. The predicted octanol–water partition coefficient (Wildman–Crippen LogP) is 1.20. The van der Waals surface area contributed by atoms with Crippen LogP contribution in [0.25, 0.3) is 0 Å². The largest absolute Gasteiger partial charge is 0.530 e. The fourth-order valence-corrected chi connectivity index (χ4v) is 0.621. The van der Waals surface area contributed by atoms with E-state index in [2.05, 4.69) is 0 Å². The molecule has 0 unspecified atom stereocenters. The molecule has 0 aliphatic rings. The summed E-state index contributed by atoms with van der Waals surface area (Å²) in [6.07, 6.45) is 0.0247. The predicted molar refractivity (Wildman–Crippen MR) is 40.4 cm³/mol. The molecule has 1 nitrogen and oxygen atoms in total. The first-order valence-corrected chi connectivity index (χ1v) is 3.46. The van der Waals surface area contributed by atoms with Gasteiger partial charge >= 0.3 is 0 Å². The van der Waals surface area contributed by atoms with Crippen LogP contribution in [0, 0.1) is 0 Å². The van der Waals surface area contributed by atoms with Gasteiger partial charge in [-0.15, -0.1) is 0 Å². The lowest BCUT2D eigenvalue weighted by molar-refractivity contribution is -0.758. The van der Waals surface area contributed by atoms with Crippen molar-refractivity contribution in [3.8, 4) is 0 Å². The maximum absolute atomic E-state index is 5.78. The van der Waals surface area contributed by atoms with Crippen LogP contribution in [0.4, 0.5) is 0 Å². The van der Waals surface area contributed by atoms with Crippen LogP contribution < -0.4 is 0 Å². The maximum Gasteiger partial charge on any atom is 0.242 e. The normalized spacial score (nSPS) is 12.8. The highest BCUT2D eigenvalue weighted by atomic mass is 35.5. The second kappa shape index (κ2) is 2.95. The van der Waals surface area contributed by atoms with Gasteiger partial charge in [0.25, 0.3) is 0 Å². The van der Waals surface area contributed by atoms with Gasteiger partial charge in [-0.05, 0) is 0 Å². The van der Waals surface area contributed by atoms with Gasteiger partial charge in [-0.25, -0.2) is 0 Å². The van der Waals surface area contributed by atoms with Crippen molar-refractivity contribution in [2.45, 2.75) is 0 Å². The van der Waals surface area contributed by atoms with Crippen molar-refractivity contribution >= 4 is 29.3 Å². The van der Waals surface area contributed by atoms with Crippen molar-refractivity contribution in [1.82, 2.24) is 0 Å². The third kappa shape index (κ3) is 2.80. The first-order chi connectivity index (χ1) is 3.48. The molecule has 0 heterocycles. The van der Waals surface area contributed by atoms with Crippen molar-refractivity contribution in [1.29, 1.82) is 0 Å². The Morgan fingerprint density at radius 1 is 1.38 bits per heavy atom. The molecule has 0 saturated heterocycles. The highest BCUT2D eigenvalue weighted by molar-refractivity contribution is 7.05. The Labute approximate surface area is 61.2 Å². The molecule has 0 amide bonds. The smallest absolute Gasteiger partial charge is 0.242 e. The molecular formula is C4H11BCl2N. The van der Waals surface area contributed by atoms with Gasteiger partial charge in [0, 0.05) is 21.1 Å². The summed E-state index contributed by atoms with van der Waals surface area (Å²) < 4.78 is 0.713. The molecule has 0 aromatic heterocycles. The molecule has 1 radical (unpaired) electrons. The minimum atomic E-state index is 0.0247. The molecule has 0 N–H and O–H groups in total. The van der Waals surface area contributed by atoms with E-state index in [4.69, 9.17) is 23.1 Å². The van der Waals surface area contributed by atoms with E-state index in [1.807, 2.05) is 21.1 Å². The number of hydrogen-bond acceptors (Lipinski definition) is 0. The lowest BCUT2D eigenvalue weighted by Gasteiger charge is -2.39. The Bertz CT molecular complexity index is 70.9. The molecular weight excluding hydrogens is 144 g/mol. The molecule has 0 aliphatic carbocycles. The average Bonchev–Trinajstić information content (AvgIpc) is 1.62. The van der Waals surface area contributed by atoms with Gasteiger partial charge in [-0.3, -0.25) is 0 Å². The van der Waals surface area contributed by atoms with E-state index in [9.17, 15) is 0 Å². The third-order valence-corrected chi connectivity index (χ3v) is 2.16. The van der Waals surface area contributed by atoms with Crippen LogP contribution in [-0.2, 0) is 0 Å². The number of quaternary nitrogens is 1. The van der Waals surface area contributed by atoms with Crippen LogP contribution in [0.5, 0.6) is 0 Å². The number of halogens is 2. The summed E-state index contributed by atoms with van der Waals surface area (Å²) in [6.45, 7) is 0. The van der Waals surface area contributed by atoms with Crippen LogP contribution in [0.2, 0.25) is 0 Å². The van der Waals surface area contributed by atoms with Crippen molar-refractivity contribution in [3.63, 3.8) is 0 Å². The summed E-state index contributed by atoms with van der Waals surface area (Å²) in [5, 5.41) is 0. The molecule has 0 rings (SSSR count). The zero-order valence-electron chi connectivity index (χ0n) is 5.49. The second-order valence-corrected chi connectivity index (χ2v) is 3.52. The molecule has 4 heteroatoms. The topological polar surface area (TPSA) is 0 Å². The van der Waals surface area contributed by atoms with Gasteiger partial charge in [0.05, 0.1) is 0 Å². The lowest BCUT2D eigenvalue weighted by atomic mass is 9.91. The highest BCUT2D eigenvalue weighted by Crippen LogP contribution is 2.03. The minimum Gasteiger partial charge on any atom is -0.530 e. The van der Waals surface area contributed by atoms with E-state index in [-0.39, 0.29) is 6.26 Å². The summed E-state index contributed by atoms with van der Waals surface area (Å²) in [5.74, 6) is 0.505. The van der Waals surface area contributed by atoms with Gasteiger partial charge in [0.1, 0.15) is 0 Å². The van der Waals surface area contributed by atoms with Crippen LogP contribution in [0.3, 0.4) is 0 Å². The molecule has 0 fully saturated rings. The highest BCUT2D eigenvalue weighted by Gasteiger charge is 2.10. The Kier molecular flexibility index (Phi) is 3.17. The van der Waals surface area contributed by atoms with Gasteiger partial charge < -0.3 is 15.9 Å². The van der Waals surface area contributed by atoms with E-state index in [1.165, 1.54) is 0 Å². The average molecular weight is 155 g/mol. The third-order valence-electron chi connectivity index (χ3n) is 0.968. The van der Waals surface area contributed by atoms with E-state index < -0.39 is 0 Å². The van der Waals surface area contributed by atoms with Gasteiger partial charge in [-0.1, -0.05) is 5.78 Å². The Balaban J connectivity index is 3.62. The zero-order valence-corrected chi connectivity index (χ0v) is 7.00. The van der Waals surface area contributed by atoms with E-state index in [1.54, 1.807) is 0 Å². The van der Waals surface area contributed by atoms with Gasteiger partial charge in [-0.2, -0.15) is 11.6 Å². The van der Waals surface area contributed by atoms with Gasteiger partial charge in [0.2, 0.25) is 6.26 Å².